The van der Waals surface area contributed by atoms with Gasteiger partial charge in [-0.25, -0.2) is 0 Å². The van der Waals surface area contributed by atoms with Gasteiger partial charge < -0.3 is 13.8 Å². The second-order valence-electron chi connectivity index (χ2n) is 15.8. The molecule has 4 aliphatic rings. The zero-order chi connectivity index (χ0) is 36.0. The number of furan rings is 1. The average molecular weight is 743 g/mol. The predicted molar refractivity (Wildman–Crippen MR) is 239 cm³/mol. The number of hydrogen-bond acceptors (Lipinski definition) is 3. The Morgan fingerprint density at radius 1 is 0.536 bits per heavy atom. The van der Waals surface area contributed by atoms with Gasteiger partial charge >= 0.3 is 6.85 Å². The van der Waals surface area contributed by atoms with Crippen LogP contribution in [0.15, 0.2) is 168 Å². The van der Waals surface area contributed by atoms with Gasteiger partial charge in [0.2, 0.25) is 0 Å². The van der Waals surface area contributed by atoms with E-state index in [1.807, 2.05) is 11.3 Å². The Bertz CT molecular complexity index is 3600. The minimum absolute atomic E-state index is 0.0463. The third-order valence-corrected chi connectivity index (χ3v) is 19.7. The lowest BCUT2D eigenvalue weighted by Gasteiger charge is -2.48. The standard InChI is InChI=1S/C50H27BN2OSSi/c1-6-21-38-28(13-1)34-27-37-46-45(49(34)54-38)33-18-11-17-32-44-31-16-2-7-22-39(31)55-50(44)53(47(32)33)51(46)35-19-12-26-43-48(35)52(37)36-20-5-10-25-42(36)56(43)40-23-8-3-14-29(40)30-15-4-9-24-41(30)56/h1-27H. The highest BCUT2D eigenvalue weighted by atomic mass is 32.1. The lowest BCUT2D eigenvalue weighted by Crippen LogP contribution is -2.77. The molecule has 0 bridgehead atoms. The van der Waals surface area contributed by atoms with E-state index in [9.17, 15) is 0 Å². The molecular weight excluding hydrogens is 716 g/mol. The number of anilines is 3. The van der Waals surface area contributed by atoms with Gasteiger partial charge in [0, 0.05) is 65.3 Å². The van der Waals surface area contributed by atoms with Crippen molar-refractivity contribution in [3.63, 3.8) is 0 Å². The molecule has 0 atom stereocenters. The molecule has 8 aromatic carbocycles. The minimum Gasteiger partial charge on any atom is -0.455 e. The number of hydrogen-bond donors (Lipinski definition) is 0. The number of para-hydroxylation sites is 4. The van der Waals surface area contributed by atoms with Crippen LogP contribution in [0.5, 0.6) is 0 Å². The summed E-state index contributed by atoms with van der Waals surface area (Å²) in [6, 6.07) is 62.2. The summed E-state index contributed by atoms with van der Waals surface area (Å²) in [4.78, 5) is 4.00. The van der Waals surface area contributed by atoms with Crippen molar-refractivity contribution < 1.29 is 4.42 Å². The van der Waals surface area contributed by atoms with Gasteiger partial charge in [-0.15, -0.1) is 11.3 Å². The van der Waals surface area contributed by atoms with Gasteiger partial charge in [0.15, 0.2) is 8.07 Å². The highest BCUT2D eigenvalue weighted by Crippen LogP contribution is 2.52. The zero-order valence-corrected chi connectivity index (χ0v) is 31.7. The van der Waals surface area contributed by atoms with Crippen molar-refractivity contribution in [3.05, 3.63) is 164 Å². The lowest BCUT2D eigenvalue weighted by molar-refractivity contribution is 0.670. The highest BCUT2D eigenvalue weighted by molar-refractivity contribution is 7.26. The van der Waals surface area contributed by atoms with Crippen molar-refractivity contribution in [2.75, 3.05) is 4.90 Å². The van der Waals surface area contributed by atoms with Crippen LogP contribution in [0, 0.1) is 0 Å². The van der Waals surface area contributed by atoms with Crippen LogP contribution in [-0.4, -0.2) is 19.4 Å². The quantitative estimate of drug-likeness (QED) is 0.145. The molecule has 15 rings (SSSR count). The zero-order valence-electron chi connectivity index (χ0n) is 29.9. The minimum atomic E-state index is -2.77. The Kier molecular flexibility index (Phi) is 4.94. The maximum atomic E-state index is 6.99. The maximum absolute atomic E-state index is 6.99. The summed E-state index contributed by atoms with van der Waals surface area (Å²) in [7, 11) is -2.77. The predicted octanol–water partition coefficient (Wildman–Crippen LogP) is 9.00. The van der Waals surface area contributed by atoms with E-state index in [1.54, 1.807) is 0 Å². The highest BCUT2D eigenvalue weighted by Gasteiger charge is 2.57. The van der Waals surface area contributed by atoms with Gasteiger partial charge in [-0.05, 0) is 67.1 Å². The number of aromatic nitrogens is 1. The summed E-state index contributed by atoms with van der Waals surface area (Å²) in [6.45, 7) is -0.0463. The smallest absolute Gasteiger partial charge is 0.333 e. The molecule has 0 saturated carbocycles. The van der Waals surface area contributed by atoms with E-state index in [0.717, 1.165) is 16.6 Å². The van der Waals surface area contributed by atoms with Gasteiger partial charge in [-0.2, -0.15) is 0 Å². The molecule has 0 radical (unpaired) electrons. The molecule has 6 heteroatoms. The fraction of sp³-hybridized carbons (Fsp3) is 0. The SMILES string of the molecule is c1ccc2c(c1)-c1ccccc1[Si]21c2ccccc2N2c3cc4c(oc5ccccc54)c4c3B(c3cccc1c32)n1c2sc3ccccc3c2c2cccc-4c21. The fourth-order valence-corrected chi connectivity index (χ4v) is 18.5. The first-order valence-corrected chi connectivity index (χ1v) is 22.3. The summed E-state index contributed by atoms with van der Waals surface area (Å²) in [6.07, 6.45) is 0. The van der Waals surface area contributed by atoms with Crippen LogP contribution in [0.1, 0.15) is 0 Å². The molecule has 256 valence electrons. The van der Waals surface area contributed by atoms with Crippen LogP contribution in [0.4, 0.5) is 17.1 Å². The molecular formula is C50H27BN2OSSi. The largest absolute Gasteiger partial charge is 0.455 e. The van der Waals surface area contributed by atoms with Gasteiger partial charge in [0.1, 0.15) is 11.2 Å². The van der Waals surface area contributed by atoms with Gasteiger partial charge in [-0.1, -0.05) is 140 Å². The number of fused-ring (bicyclic) bond motifs is 22. The summed E-state index contributed by atoms with van der Waals surface area (Å²) in [5.74, 6) is 0. The first kappa shape index (κ1) is 28.8. The van der Waals surface area contributed by atoms with Crippen LogP contribution in [-0.2, 0) is 0 Å². The molecule has 3 aromatic heterocycles. The molecule has 7 heterocycles. The first-order chi connectivity index (χ1) is 27.8. The van der Waals surface area contributed by atoms with Crippen LogP contribution in [0.2, 0.25) is 0 Å². The molecule has 0 saturated heterocycles. The lowest BCUT2D eigenvalue weighted by atomic mass is 9.45. The molecule has 4 aliphatic heterocycles. The summed E-state index contributed by atoms with van der Waals surface area (Å²) in [5, 5.41) is 12.3. The first-order valence-electron chi connectivity index (χ1n) is 19.5. The van der Waals surface area contributed by atoms with Gasteiger partial charge in [-0.3, -0.25) is 0 Å². The Morgan fingerprint density at radius 2 is 1.20 bits per heavy atom. The number of benzene rings is 8. The van der Waals surface area contributed by atoms with Crippen LogP contribution < -0.4 is 36.6 Å². The number of thiophene rings is 1. The molecule has 1 spiro atoms. The topological polar surface area (TPSA) is 21.3 Å². The molecule has 56 heavy (non-hydrogen) atoms. The monoisotopic (exact) mass is 742 g/mol. The van der Waals surface area contributed by atoms with Crippen molar-refractivity contribution >= 4 is 128 Å². The van der Waals surface area contributed by atoms with Crippen molar-refractivity contribution in [1.82, 2.24) is 4.48 Å². The van der Waals surface area contributed by atoms with Crippen molar-refractivity contribution in [1.29, 1.82) is 0 Å². The molecule has 0 fully saturated rings. The maximum Gasteiger partial charge on any atom is 0.333 e. The summed E-state index contributed by atoms with van der Waals surface area (Å²) < 4.78 is 11.1. The van der Waals surface area contributed by atoms with Crippen molar-refractivity contribution in [2.24, 2.45) is 0 Å². The molecule has 3 nitrogen and oxygen atoms in total. The van der Waals surface area contributed by atoms with E-state index in [0.29, 0.717) is 0 Å². The molecule has 0 N–H and O–H groups in total. The second-order valence-corrected chi connectivity index (χ2v) is 20.5. The van der Waals surface area contributed by atoms with E-state index in [-0.39, 0.29) is 6.85 Å². The molecule has 0 unspecified atom stereocenters. The molecule has 11 aromatic rings. The van der Waals surface area contributed by atoms with E-state index in [1.165, 1.54) is 108 Å². The van der Waals surface area contributed by atoms with E-state index in [2.05, 4.69) is 173 Å². The summed E-state index contributed by atoms with van der Waals surface area (Å²) in [5.41, 5.74) is 15.1. The van der Waals surface area contributed by atoms with Gasteiger partial charge in [0.25, 0.3) is 0 Å². The van der Waals surface area contributed by atoms with Crippen LogP contribution >= 0.6 is 11.3 Å². The Hall–Kier alpha value is -6.60. The van der Waals surface area contributed by atoms with E-state index < -0.39 is 8.07 Å². The molecule has 0 aliphatic carbocycles. The molecule has 0 amide bonds. The van der Waals surface area contributed by atoms with E-state index >= 15 is 0 Å². The van der Waals surface area contributed by atoms with Crippen molar-refractivity contribution in [3.8, 4) is 22.3 Å². The Morgan fingerprint density at radius 3 is 2.05 bits per heavy atom. The van der Waals surface area contributed by atoms with Crippen molar-refractivity contribution in [2.45, 2.75) is 0 Å². The number of rotatable bonds is 0. The second kappa shape index (κ2) is 9.61. The summed E-state index contributed by atoms with van der Waals surface area (Å²) >= 11 is 1.94. The van der Waals surface area contributed by atoms with E-state index in [4.69, 9.17) is 4.42 Å². The van der Waals surface area contributed by atoms with Crippen LogP contribution in [0.25, 0.3) is 75.4 Å². The number of nitrogens with zero attached hydrogens (tertiary/aromatic N) is 2. The Balaban J connectivity index is 1.19. The van der Waals surface area contributed by atoms with Gasteiger partial charge in [0.05, 0.1) is 4.83 Å². The third kappa shape index (κ3) is 3.00. The Labute approximate surface area is 326 Å². The fourth-order valence-electron chi connectivity index (χ4n) is 11.7. The van der Waals surface area contributed by atoms with Crippen LogP contribution in [0.3, 0.4) is 0 Å². The third-order valence-electron chi connectivity index (χ3n) is 13.6. The average Bonchev–Trinajstić information content (AvgIpc) is 3.99. The normalized spacial score (nSPS) is 14.9.